The average Bonchev–Trinajstić information content (AvgIpc) is 2.75. The normalized spacial score (nSPS) is 13.7. The minimum absolute atomic E-state index is 0.0829. The first-order chi connectivity index (χ1) is 17.0. The molecule has 0 nitrogen and oxygen atoms in total. The smallest absolute Gasteiger partial charge is 0.166 e. The van der Waals surface area contributed by atoms with E-state index in [1.807, 2.05) is 0 Å². The maximum atomic E-state index is 13.4. The second-order valence-electron chi connectivity index (χ2n) is 9.64. The van der Waals surface area contributed by atoms with Crippen LogP contribution in [0.25, 0.3) is 22.3 Å². The van der Waals surface area contributed by atoms with Crippen LogP contribution in [0.3, 0.4) is 0 Å². The first-order valence-electron chi connectivity index (χ1n) is 10.7. The van der Waals surface area contributed by atoms with Crippen molar-refractivity contribution >= 4 is 0 Å². The van der Waals surface area contributed by atoms with Crippen LogP contribution in [0.4, 0.5) is 52.7 Å². The molecule has 0 aromatic heterocycles. The molecule has 0 heterocycles. The van der Waals surface area contributed by atoms with Gasteiger partial charge in [0, 0.05) is 0 Å². The maximum Gasteiger partial charge on any atom is 0.416 e. The zero-order chi connectivity index (χ0) is 29.1. The van der Waals surface area contributed by atoms with E-state index in [0.29, 0.717) is 24.3 Å². The van der Waals surface area contributed by atoms with Crippen LogP contribution in [0, 0.1) is 0 Å². The Morgan fingerprint density at radius 2 is 0.526 bits per heavy atom. The molecule has 0 atom stereocenters. The zero-order valence-corrected chi connectivity index (χ0v) is 19.7. The van der Waals surface area contributed by atoms with E-state index in [2.05, 4.69) is 0 Å². The van der Waals surface area contributed by atoms with Crippen molar-refractivity contribution in [3.8, 4) is 22.3 Å². The Labute approximate surface area is 208 Å². The van der Waals surface area contributed by atoms with Gasteiger partial charge in [0.1, 0.15) is 0 Å². The molecule has 12 heteroatoms. The standard InChI is InChI=1S/C26H18F12/c1-22(2,3)17-5-13(15-7-18(23(27,28)29)11-19(8-15)24(30,31)32)4-14(6-17)16-9-20(25(33,34)35)12-21(10-16)26(36,37)38/h4-12H,1-3H3. The molecule has 0 unspecified atom stereocenters. The van der Waals surface area contributed by atoms with E-state index in [1.54, 1.807) is 20.8 Å². The predicted octanol–water partition coefficient (Wildman–Crippen LogP) is 10.4. The first kappa shape index (κ1) is 29.4. The molecule has 0 saturated carbocycles. The summed E-state index contributed by atoms with van der Waals surface area (Å²) in [5.74, 6) is 0. The van der Waals surface area contributed by atoms with Crippen molar-refractivity contribution in [2.75, 3.05) is 0 Å². The summed E-state index contributed by atoms with van der Waals surface area (Å²) in [5, 5.41) is 0. The van der Waals surface area contributed by atoms with Crippen molar-refractivity contribution in [3.05, 3.63) is 82.4 Å². The summed E-state index contributed by atoms with van der Waals surface area (Å²) in [7, 11) is 0. The van der Waals surface area contributed by atoms with Crippen molar-refractivity contribution in [2.45, 2.75) is 50.9 Å². The summed E-state index contributed by atoms with van der Waals surface area (Å²) in [6, 6.07) is 5.04. The van der Waals surface area contributed by atoms with E-state index in [0.717, 1.165) is 6.07 Å². The molecule has 206 valence electrons. The summed E-state index contributed by atoms with van der Waals surface area (Å²) < 4.78 is 161. The van der Waals surface area contributed by atoms with Crippen molar-refractivity contribution < 1.29 is 52.7 Å². The van der Waals surface area contributed by atoms with Crippen molar-refractivity contribution in [1.82, 2.24) is 0 Å². The highest BCUT2D eigenvalue weighted by Gasteiger charge is 2.38. The quantitative estimate of drug-likeness (QED) is 0.275. The van der Waals surface area contributed by atoms with Gasteiger partial charge in [-0.05, 0) is 75.7 Å². The lowest BCUT2D eigenvalue weighted by Gasteiger charge is -2.23. The lowest BCUT2D eigenvalue weighted by Crippen LogP contribution is -2.13. The fraction of sp³-hybridized carbons (Fsp3) is 0.308. The molecule has 3 aromatic carbocycles. The van der Waals surface area contributed by atoms with Gasteiger partial charge in [-0.1, -0.05) is 32.9 Å². The molecule has 0 aliphatic rings. The highest BCUT2D eigenvalue weighted by molar-refractivity contribution is 5.76. The Morgan fingerprint density at radius 3 is 0.737 bits per heavy atom. The van der Waals surface area contributed by atoms with Gasteiger partial charge in [-0.15, -0.1) is 0 Å². The van der Waals surface area contributed by atoms with Gasteiger partial charge in [-0.25, -0.2) is 0 Å². The Morgan fingerprint density at radius 1 is 0.316 bits per heavy atom. The molecule has 0 aliphatic carbocycles. The maximum absolute atomic E-state index is 13.4. The van der Waals surface area contributed by atoms with Crippen LogP contribution in [0.5, 0.6) is 0 Å². The fourth-order valence-electron chi connectivity index (χ4n) is 3.64. The molecule has 0 bridgehead atoms. The largest absolute Gasteiger partial charge is 0.416 e. The highest BCUT2D eigenvalue weighted by atomic mass is 19.4. The molecule has 0 amide bonds. The number of hydrogen-bond acceptors (Lipinski definition) is 0. The van der Waals surface area contributed by atoms with Crippen LogP contribution in [0.1, 0.15) is 48.6 Å². The van der Waals surface area contributed by atoms with Crippen molar-refractivity contribution in [3.63, 3.8) is 0 Å². The summed E-state index contributed by atoms with van der Waals surface area (Å²) >= 11 is 0. The lowest BCUT2D eigenvalue weighted by molar-refractivity contribution is -0.144. The molecule has 0 saturated heterocycles. The van der Waals surface area contributed by atoms with Gasteiger partial charge in [-0.2, -0.15) is 52.7 Å². The van der Waals surface area contributed by atoms with E-state index in [9.17, 15) is 52.7 Å². The van der Waals surface area contributed by atoms with Gasteiger partial charge in [-0.3, -0.25) is 0 Å². The van der Waals surface area contributed by atoms with Crippen LogP contribution in [0.15, 0.2) is 54.6 Å². The molecule has 0 fully saturated rings. The monoisotopic (exact) mass is 558 g/mol. The van der Waals surface area contributed by atoms with Crippen LogP contribution in [-0.4, -0.2) is 0 Å². The lowest BCUT2D eigenvalue weighted by atomic mass is 9.82. The highest BCUT2D eigenvalue weighted by Crippen LogP contribution is 2.43. The third-order valence-corrected chi connectivity index (χ3v) is 5.64. The molecule has 0 aliphatic heterocycles. The molecular weight excluding hydrogens is 540 g/mol. The molecular formula is C26H18F12. The van der Waals surface area contributed by atoms with Crippen molar-refractivity contribution in [1.29, 1.82) is 0 Å². The van der Waals surface area contributed by atoms with Gasteiger partial charge in [0.25, 0.3) is 0 Å². The molecule has 0 N–H and O–H groups in total. The Bertz CT molecular complexity index is 1170. The van der Waals surface area contributed by atoms with Crippen LogP contribution in [0.2, 0.25) is 0 Å². The summed E-state index contributed by atoms with van der Waals surface area (Å²) in [5.41, 5.74) is -8.72. The zero-order valence-electron chi connectivity index (χ0n) is 19.7. The third kappa shape index (κ3) is 6.63. The van der Waals surface area contributed by atoms with Gasteiger partial charge in [0.15, 0.2) is 0 Å². The Kier molecular flexibility index (Phi) is 7.14. The fourth-order valence-corrected chi connectivity index (χ4v) is 3.64. The third-order valence-electron chi connectivity index (χ3n) is 5.64. The molecule has 38 heavy (non-hydrogen) atoms. The minimum atomic E-state index is -5.16. The van der Waals surface area contributed by atoms with Crippen LogP contribution >= 0.6 is 0 Å². The number of rotatable bonds is 2. The van der Waals surface area contributed by atoms with Crippen LogP contribution in [-0.2, 0) is 30.1 Å². The predicted molar refractivity (Wildman–Crippen MR) is 116 cm³/mol. The average molecular weight is 558 g/mol. The number of alkyl halides is 12. The number of hydrogen-bond donors (Lipinski definition) is 0. The molecule has 3 aromatic rings. The molecule has 0 radical (unpaired) electrons. The summed E-state index contributed by atoms with van der Waals surface area (Å²) in [6.07, 6.45) is -20.7. The van der Waals surface area contributed by atoms with E-state index < -0.39 is 63.5 Å². The van der Waals surface area contributed by atoms with Gasteiger partial charge >= 0.3 is 24.7 Å². The number of benzene rings is 3. The van der Waals surface area contributed by atoms with Gasteiger partial charge in [0.05, 0.1) is 22.3 Å². The second kappa shape index (κ2) is 9.23. The first-order valence-corrected chi connectivity index (χ1v) is 10.7. The second-order valence-corrected chi connectivity index (χ2v) is 9.64. The van der Waals surface area contributed by atoms with E-state index in [-0.39, 0.29) is 28.8 Å². The molecule has 3 rings (SSSR count). The minimum Gasteiger partial charge on any atom is -0.166 e. The van der Waals surface area contributed by atoms with Crippen LogP contribution < -0.4 is 0 Å². The summed E-state index contributed by atoms with van der Waals surface area (Å²) in [4.78, 5) is 0. The van der Waals surface area contributed by atoms with E-state index in [1.165, 1.54) is 12.1 Å². The molecule has 0 spiro atoms. The van der Waals surface area contributed by atoms with Crippen molar-refractivity contribution in [2.24, 2.45) is 0 Å². The SMILES string of the molecule is CC(C)(C)c1cc(-c2cc(C(F)(F)F)cc(C(F)(F)F)c2)cc(-c2cc(C(F)(F)F)cc(C(F)(F)F)c2)c1. The van der Waals surface area contributed by atoms with E-state index >= 15 is 0 Å². The van der Waals surface area contributed by atoms with E-state index in [4.69, 9.17) is 0 Å². The summed E-state index contributed by atoms with van der Waals surface area (Å²) in [6.45, 7) is 4.82. The Hall–Kier alpha value is -3.18. The topological polar surface area (TPSA) is 0 Å². The van der Waals surface area contributed by atoms with Gasteiger partial charge in [0.2, 0.25) is 0 Å². The van der Waals surface area contributed by atoms with Gasteiger partial charge < -0.3 is 0 Å². The number of halogens is 12. The Balaban J connectivity index is 2.39.